The van der Waals surface area contributed by atoms with Gasteiger partial charge in [0.05, 0.1) is 26.0 Å². The van der Waals surface area contributed by atoms with Gasteiger partial charge < -0.3 is 9.30 Å². The second-order valence-electron chi connectivity index (χ2n) is 7.52. The van der Waals surface area contributed by atoms with Crippen molar-refractivity contribution in [2.75, 3.05) is 14.1 Å². The number of aromatic nitrogens is 3. The molecule has 0 spiro atoms. The number of hydrogen-bond donors (Lipinski definition) is 0. The first-order valence-electron chi connectivity index (χ1n) is 9.93. The van der Waals surface area contributed by atoms with Crippen molar-refractivity contribution in [3.63, 3.8) is 0 Å². The zero-order valence-corrected chi connectivity index (χ0v) is 20.4. The molecule has 168 valence electrons. The van der Waals surface area contributed by atoms with E-state index in [0.29, 0.717) is 39.2 Å². The number of hydrogen-bond acceptors (Lipinski definition) is 5. The highest BCUT2D eigenvalue weighted by molar-refractivity contribution is 7.89. The highest BCUT2D eigenvalue weighted by Gasteiger charge is 2.20. The molecule has 0 radical (unpaired) electrons. The van der Waals surface area contributed by atoms with E-state index in [2.05, 4.69) is 9.97 Å². The number of imidazole rings is 1. The number of fused-ring (bicyclic) bond motifs is 2. The molecule has 32 heavy (non-hydrogen) atoms. The van der Waals surface area contributed by atoms with Crippen molar-refractivity contribution < 1.29 is 13.2 Å². The lowest BCUT2D eigenvalue weighted by Crippen LogP contribution is -2.22. The molecule has 4 aromatic rings. The highest BCUT2D eigenvalue weighted by atomic mass is 35.5. The second kappa shape index (κ2) is 8.51. The van der Waals surface area contributed by atoms with E-state index in [-0.39, 0.29) is 11.5 Å². The molecule has 0 atom stereocenters. The SMILES string of the molecule is CCn1c(COc2c(Cl)cc(Cl)c3ccc(C)nc23)nc2cc(S(=O)(=O)N(C)C)ccc21. The summed E-state index contributed by atoms with van der Waals surface area (Å²) < 4.78 is 34.2. The first-order chi connectivity index (χ1) is 15.1. The van der Waals surface area contributed by atoms with Crippen molar-refractivity contribution >= 4 is 55.2 Å². The molecule has 2 aromatic heterocycles. The first kappa shape index (κ1) is 22.8. The Hall–Kier alpha value is -2.39. The van der Waals surface area contributed by atoms with E-state index >= 15 is 0 Å². The fourth-order valence-electron chi connectivity index (χ4n) is 3.56. The van der Waals surface area contributed by atoms with Gasteiger partial charge in [-0.25, -0.2) is 22.7 Å². The van der Waals surface area contributed by atoms with Crippen LogP contribution in [-0.4, -0.2) is 41.4 Å². The van der Waals surface area contributed by atoms with Crippen LogP contribution in [-0.2, 0) is 23.2 Å². The lowest BCUT2D eigenvalue weighted by atomic mass is 10.2. The van der Waals surface area contributed by atoms with E-state index < -0.39 is 10.0 Å². The number of rotatable bonds is 6. The molecule has 0 saturated heterocycles. The number of pyridine rings is 1. The third-order valence-electron chi connectivity index (χ3n) is 5.22. The largest absolute Gasteiger partial charge is 0.482 e. The predicted molar refractivity (Wildman–Crippen MR) is 127 cm³/mol. The third-order valence-corrected chi connectivity index (χ3v) is 7.62. The Morgan fingerprint density at radius 1 is 1.06 bits per heavy atom. The molecule has 7 nitrogen and oxygen atoms in total. The lowest BCUT2D eigenvalue weighted by Gasteiger charge is -2.13. The minimum atomic E-state index is -3.56. The summed E-state index contributed by atoms with van der Waals surface area (Å²) in [6, 6.07) is 10.3. The Bertz CT molecular complexity index is 1450. The van der Waals surface area contributed by atoms with Gasteiger partial charge in [0.1, 0.15) is 17.9 Å². The van der Waals surface area contributed by atoms with Gasteiger partial charge in [0, 0.05) is 31.7 Å². The quantitative estimate of drug-likeness (QED) is 0.376. The van der Waals surface area contributed by atoms with Gasteiger partial charge in [0.2, 0.25) is 10.0 Å². The van der Waals surface area contributed by atoms with Gasteiger partial charge in [-0.2, -0.15) is 0 Å². The highest BCUT2D eigenvalue weighted by Crippen LogP contribution is 2.37. The molecule has 0 aliphatic rings. The average molecular weight is 493 g/mol. The van der Waals surface area contributed by atoms with Gasteiger partial charge in [-0.15, -0.1) is 0 Å². The van der Waals surface area contributed by atoms with Crippen LogP contribution in [0.1, 0.15) is 18.4 Å². The maximum atomic E-state index is 12.5. The summed E-state index contributed by atoms with van der Waals surface area (Å²) in [4.78, 5) is 9.39. The van der Waals surface area contributed by atoms with Crippen molar-refractivity contribution in [2.24, 2.45) is 0 Å². The summed E-state index contributed by atoms with van der Waals surface area (Å²) >= 11 is 12.8. The standard InChI is InChI=1S/C22H22Cl2N4O3S/c1-5-28-19-9-7-14(32(29,30)27(3)4)10-18(19)26-20(28)12-31-22-17(24)11-16(23)15-8-6-13(2)25-21(15)22/h6-11H,5,12H2,1-4H3. The van der Waals surface area contributed by atoms with Crippen molar-refractivity contribution in [3.05, 3.63) is 58.0 Å². The molecule has 0 bridgehead atoms. The topological polar surface area (TPSA) is 77.3 Å². The van der Waals surface area contributed by atoms with Crippen LogP contribution in [0.4, 0.5) is 0 Å². The molecule has 0 fully saturated rings. The molecule has 2 aromatic carbocycles. The number of nitrogens with zero attached hydrogens (tertiary/aromatic N) is 4. The monoisotopic (exact) mass is 492 g/mol. The fraction of sp³-hybridized carbons (Fsp3) is 0.273. The van der Waals surface area contributed by atoms with Crippen LogP contribution in [0.5, 0.6) is 5.75 Å². The van der Waals surface area contributed by atoms with Crippen molar-refractivity contribution in [2.45, 2.75) is 31.9 Å². The average Bonchev–Trinajstić information content (AvgIpc) is 3.09. The molecule has 2 heterocycles. The molecular weight excluding hydrogens is 471 g/mol. The third kappa shape index (κ3) is 3.92. The zero-order valence-electron chi connectivity index (χ0n) is 18.1. The molecule has 0 N–H and O–H groups in total. The molecule has 0 aliphatic heterocycles. The maximum absolute atomic E-state index is 12.5. The molecule has 0 saturated carbocycles. The molecule has 4 rings (SSSR count). The van der Waals surface area contributed by atoms with E-state index in [1.54, 1.807) is 24.3 Å². The predicted octanol–water partition coefficient (Wildman–Crippen LogP) is 5.05. The van der Waals surface area contributed by atoms with Gasteiger partial charge in [0.25, 0.3) is 0 Å². The summed E-state index contributed by atoms with van der Waals surface area (Å²) in [5, 5.41) is 1.61. The Kier molecular flexibility index (Phi) is 6.06. The van der Waals surface area contributed by atoms with E-state index in [1.165, 1.54) is 18.4 Å². The summed E-state index contributed by atoms with van der Waals surface area (Å²) in [6.07, 6.45) is 0. The van der Waals surface area contributed by atoms with Crippen LogP contribution in [0.25, 0.3) is 21.9 Å². The smallest absolute Gasteiger partial charge is 0.242 e. The van der Waals surface area contributed by atoms with Crippen LogP contribution in [0.2, 0.25) is 10.0 Å². The Balaban J connectivity index is 1.75. The number of aryl methyl sites for hydroxylation is 2. The fourth-order valence-corrected chi connectivity index (χ4v) is 5.05. The van der Waals surface area contributed by atoms with E-state index in [4.69, 9.17) is 27.9 Å². The number of sulfonamides is 1. The summed E-state index contributed by atoms with van der Waals surface area (Å²) in [5.41, 5.74) is 2.80. The number of ether oxygens (including phenoxy) is 1. The lowest BCUT2D eigenvalue weighted by molar-refractivity contribution is 0.294. The van der Waals surface area contributed by atoms with Gasteiger partial charge in [-0.1, -0.05) is 23.2 Å². The molecule has 0 unspecified atom stereocenters. The Morgan fingerprint density at radius 2 is 1.81 bits per heavy atom. The minimum absolute atomic E-state index is 0.129. The van der Waals surface area contributed by atoms with Crippen molar-refractivity contribution in [1.82, 2.24) is 18.8 Å². The summed E-state index contributed by atoms with van der Waals surface area (Å²) in [7, 11) is -0.559. The molecule has 0 amide bonds. The maximum Gasteiger partial charge on any atom is 0.242 e. The molecule has 0 aliphatic carbocycles. The Morgan fingerprint density at radius 3 is 2.50 bits per heavy atom. The van der Waals surface area contributed by atoms with Gasteiger partial charge >= 0.3 is 0 Å². The number of benzene rings is 2. The van der Waals surface area contributed by atoms with Crippen molar-refractivity contribution in [3.8, 4) is 5.75 Å². The Labute approximate surface area is 196 Å². The summed E-state index contributed by atoms with van der Waals surface area (Å²) in [5.74, 6) is 1.08. The molecular formula is C22H22Cl2N4O3S. The summed E-state index contributed by atoms with van der Waals surface area (Å²) in [6.45, 7) is 4.64. The van der Waals surface area contributed by atoms with Crippen LogP contribution in [0.3, 0.4) is 0 Å². The van der Waals surface area contributed by atoms with E-state index in [0.717, 1.165) is 16.6 Å². The van der Waals surface area contributed by atoms with Gasteiger partial charge in [-0.05, 0) is 50.2 Å². The van der Waals surface area contributed by atoms with E-state index in [9.17, 15) is 8.42 Å². The number of halogens is 2. The first-order valence-corrected chi connectivity index (χ1v) is 12.1. The minimum Gasteiger partial charge on any atom is -0.482 e. The zero-order chi connectivity index (χ0) is 23.2. The van der Waals surface area contributed by atoms with Crippen LogP contribution < -0.4 is 4.74 Å². The van der Waals surface area contributed by atoms with Crippen LogP contribution in [0, 0.1) is 6.92 Å². The van der Waals surface area contributed by atoms with Gasteiger partial charge in [-0.3, -0.25) is 0 Å². The molecule has 10 heteroatoms. The van der Waals surface area contributed by atoms with Crippen LogP contribution in [0.15, 0.2) is 41.3 Å². The second-order valence-corrected chi connectivity index (χ2v) is 10.5. The van der Waals surface area contributed by atoms with Gasteiger partial charge in [0.15, 0.2) is 5.75 Å². The van der Waals surface area contributed by atoms with Crippen LogP contribution >= 0.6 is 23.2 Å². The van der Waals surface area contributed by atoms with E-state index in [1.807, 2.05) is 30.5 Å². The van der Waals surface area contributed by atoms with Crippen molar-refractivity contribution in [1.29, 1.82) is 0 Å². The normalized spacial score (nSPS) is 12.2.